The van der Waals surface area contributed by atoms with Gasteiger partial charge in [0.05, 0.1) is 6.10 Å². The van der Waals surface area contributed by atoms with Crippen LogP contribution in [0, 0.1) is 11.8 Å². The molecule has 0 bridgehead atoms. The van der Waals surface area contributed by atoms with Crippen molar-refractivity contribution in [2.24, 2.45) is 17.6 Å². The van der Waals surface area contributed by atoms with E-state index in [4.69, 9.17) is 5.73 Å². The van der Waals surface area contributed by atoms with Gasteiger partial charge >= 0.3 is 0 Å². The predicted molar refractivity (Wildman–Crippen MR) is 42.1 cm³/mol. The van der Waals surface area contributed by atoms with E-state index in [1.807, 2.05) is 0 Å². The molecule has 2 saturated carbocycles. The number of nitrogens with two attached hydrogens (primary N) is 1. The topological polar surface area (TPSA) is 46.2 Å². The van der Waals surface area contributed by atoms with E-state index >= 15 is 0 Å². The highest BCUT2D eigenvalue weighted by Crippen LogP contribution is 2.45. The van der Waals surface area contributed by atoms with Gasteiger partial charge in [-0.2, -0.15) is 0 Å². The summed E-state index contributed by atoms with van der Waals surface area (Å²) in [5, 5.41) is 9.26. The maximum atomic E-state index is 9.26. The van der Waals surface area contributed by atoms with Crippen molar-refractivity contribution >= 4 is 12.4 Å². The number of aliphatic hydroxyl groups excluding tert-OH is 1. The number of halogens is 1. The lowest BCUT2D eigenvalue weighted by molar-refractivity contribution is -0.0391. The summed E-state index contributed by atoms with van der Waals surface area (Å²) in [6, 6.07) is 0.109. The molecular weight excluding hydrogens is 150 g/mol. The van der Waals surface area contributed by atoms with Crippen LogP contribution < -0.4 is 5.73 Å². The Morgan fingerprint density at radius 2 is 1.80 bits per heavy atom. The molecule has 3 heteroatoms. The van der Waals surface area contributed by atoms with Crippen LogP contribution in [0.4, 0.5) is 0 Å². The van der Waals surface area contributed by atoms with Crippen LogP contribution in [0.5, 0.6) is 0 Å². The lowest BCUT2D eigenvalue weighted by atomic mass is 9.69. The normalized spacial score (nSPS) is 51.0. The van der Waals surface area contributed by atoms with Crippen LogP contribution in [-0.4, -0.2) is 17.3 Å². The van der Waals surface area contributed by atoms with Crippen LogP contribution in [0.1, 0.15) is 19.3 Å². The summed E-state index contributed by atoms with van der Waals surface area (Å²) in [5.74, 6) is 1.24. The molecule has 3 N–H and O–H groups in total. The van der Waals surface area contributed by atoms with Crippen molar-refractivity contribution in [2.75, 3.05) is 0 Å². The Labute approximate surface area is 67.2 Å². The lowest BCUT2D eigenvalue weighted by Crippen LogP contribution is -2.57. The molecular formula is C7H14ClNO. The van der Waals surface area contributed by atoms with Gasteiger partial charge in [0.15, 0.2) is 0 Å². The van der Waals surface area contributed by atoms with Crippen LogP contribution in [-0.2, 0) is 0 Å². The van der Waals surface area contributed by atoms with E-state index in [9.17, 15) is 5.11 Å². The molecule has 0 aromatic heterocycles. The molecule has 60 valence electrons. The summed E-state index contributed by atoms with van der Waals surface area (Å²) in [6.45, 7) is 0. The number of hydrogen-bond acceptors (Lipinski definition) is 2. The Bertz CT molecular complexity index is 117. The minimum atomic E-state index is -0.169. The van der Waals surface area contributed by atoms with Crippen LogP contribution in [0.3, 0.4) is 0 Å². The first-order valence-electron chi connectivity index (χ1n) is 3.74. The third kappa shape index (κ3) is 0.865. The van der Waals surface area contributed by atoms with E-state index in [1.54, 1.807) is 0 Å². The van der Waals surface area contributed by atoms with E-state index in [1.165, 1.54) is 19.3 Å². The SMILES string of the molecule is Cl.N[C@@H]1[C@H](O)[C@@H]2CCC[C@H]12. The van der Waals surface area contributed by atoms with Crippen molar-refractivity contribution in [2.45, 2.75) is 31.4 Å². The highest BCUT2D eigenvalue weighted by Gasteiger charge is 2.49. The molecule has 0 radical (unpaired) electrons. The average molecular weight is 164 g/mol. The van der Waals surface area contributed by atoms with E-state index in [0.717, 1.165) is 0 Å². The van der Waals surface area contributed by atoms with Gasteiger partial charge < -0.3 is 10.8 Å². The quantitative estimate of drug-likeness (QED) is 0.547. The van der Waals surface area contributed by atoms with Gasteiger partial charge in [0.2, 0.25) is 0 Å². The fourth-order valence-electron chi connectivity index (χ4n) is 2.31. The van der Waals surface area contributed by atoms with Gasteiger partial charge in [0, 0.05) is 6.04 Å². The third-order valence-electron chi connectivity index (χ3n) is 2.95. The summed E-state index contributed by atoms with van der Waals surface area (Å²) in [5.41, 5.74) is 5.66. The molecule has 0 aromatic carbocycles. The largest absolute Gasteiger partial charge is 0.391 e. The molecule has 2 aliphatic carbocycles. The van der Waals surface area contributed by atoms with Crippen molar-refractivity contribution in [1.82, 2.24) is 0 Å². The van der Waals surface area contributed by atoms with Gasteiger partial charge in [-0.05, 0) is 24.7 Å². The molecule has 0 amide bonds. The second-order valence-corrected chi connectivity index (χ2v) is 3.33. The molecule has 4 atom stereocenters. The zero-order valence-electron chi connectivity index (χ0n) is 5.86. The van der Waals surface area contributed by atoms with E-state index in [0.29, 0.717) is 11.8 Å². The first kappa shape index (κ1) is 8.31. The molecule has 10 heavy (non-hydrogen) atoms. The van der Waals surface area contributed by atoms with Gasteiger partial charge in [-0.25, -0.2) is 0 Å². The molecule has 0 unspecified atom stereocenters. The fraction of sp³-hybridized carbons (Fsp3) is 1.00. The number of hydrogen-bond donors (Lipinski definition) is 2. The van der Waals surface area contributed by atoms with Gasteiger partial charge in [-0.3, -0.25) is 0 Å². The zero-order valence-corrected chi connectivity index (χ0v) is 6.68. The third-order valence-corrected chi connectivity index (χ3v) is 2.95. The van der Waals surface area contributed by atoms with E-state index in [-0.39, 0.29) is 24.6 Å². The van der Waals surface area contributed by atoms with Crippen LogP contribution in [0.25, 0.3) is 0 Å². The maximum Gasteiger partial charge on any atom is 0.0725 e. The Morgan fingerprint density at radius 1 is 1.20 bits per heavy atom. The highest BCUT2D eigenvalue weighted by molar-refractivity contribution is 5.85. The molecule has 0 aromatic rings. The molecule has 2 nitrogen and oxygen atoms in total. The molecule has 0 spiro atoms. The van der Waals surface area contributed by atoms with Gasteiger partial charge in [-0.15, -0.1) is 12.4 Å². The number of fused-ring (bicyclic) bond motifs is 1. The van der Waals surface area contributed by atoms with Crippen molar-refractivity contribution in [3.8, 4) is 0 Å². The summed E-state index contributed by atoms with van der Waals surface area (Å²) >= 11 is 0. The van der Waals surface area contributed by atoms with Crippen molar-refractivity contribution < 1.29 is 5.11 Å². The monoisotopic (exact) mass is 163 g/mol. The van der Waals surface area contributed by atoms with E-state index in [2.05, 4.69) is 0 Å². The molecule has 2 aliphatic rings. The molecule has 0 aliphatic heterocycles. The first-order chi connectivity index (χ1) is 4.30. The number of aliphatic hydroxyl groups is 1. The van der Waals surface area contributed by atoms with Crippen molar-refractivity contribution in [3.63, 3.8) is 0 Å². The molecule has 0 heterocycles. The fourth-order valence-corrected chi connectivity index (χ4v) is 2.31. The predicted octanol–water partition coefficient (Wildman–Crippen LogP) is 0.526. The Balaban J connectivity index is 0.000000500. The second-order valence-electron chi connectivity index (χ2n) is 3.33. The summed E-state index contributed by atoms with van der Waals surface area (Å²) in [7, 11) is 0. The molecule has 2 fully saturated rings. The Hall–Kier alpha value is 0.210. The maximum absolute atomic E-state index is 9.26. The zero-order chi connectivity index (χ0) is 6.43. The van der Waals surface area contributed by atoms with Crippen molar-refractivity contribution in [1.29, 1.82) is 0 Å². The Kier molecular flexibility index (Phi) is 2.23. The minimum absolute atomic E-state index is 0. The van der Waals surface area contributed by atoms with Crippen molar-refractivity contribution in [3.05, 3.63) is 0 Å². The standard InChI is InChI=1S/C7H13NO.ClH/c8-6-4-2-1-3-5(4)7(6)9;/h4-7,9H,1-3,8H2;1H/t4-,5+,6-,7+;/m0./s1. The highest BCUT2D eigenvalue weighted by atomic mass is 35.5. The second kappa shape index (κ2) is 2.68. The van der Waals surface area contributed by atoms with Crippen LogP contribution in [0.15, 0.2) is 0 Å². The van der Waals surface area contributed by atoms with Gasteiger partial charge in [0.25, 0.3) is 0 Å². The van der Waals surface area contributed by atoms with E-state index < -0.39 is 0 Å². The molecule has 0 saturated heterocycles. The van der Waals surface area contributed by atoms with Crippen LogP contribution >= 0.6 is 12.4 Å². The van der Waals surface area contributed by atoms with Gasteiger partial charge in [-0.1, -0.05) is 6.42 Å². The number of rotatable bonds is 0. The smallest absolute Gasteiger partial charge is 0.0725 e. The first-order valence-corrected chi connectivity index (χ1v) is 3.74. The minimum Gasteiger partial charge on any atom is -0.391 e. The summed E-state index contributed by atoms with van der Waals surface area (Å²) < 4.78 is 0. The average Bonchev–Trinajstić information content (AvgIpc) is 2.30. The summed E-state index contributed by atoms with van der Waals surface area (Å²) in [6.07, 6.45) is 3.57. The lowest BCUT2D eigenvalue weighted by Gasteiger charge is -2.43. The molecule has 2 rings (SSSR count). The van der Waals surface area contributed by atoms with Crippen LogP contribution in [0.2, 0.25) is 0 Å². The summed E-state index contributed by atoms with van der Waals surface area (Å²) in [4.78, 5) is 0. The van der Waals surface area contributed by atoms with Gasteiger partial charge in [0.1, 0.15) is 0 Å². The Morgan fingerprint density at radius 3 is 2.40 bits per heavy atom.